The largest absolute Gasteiger partial charge is 0.481 e. The van der Waals surface area contributed by atoms with Gasteiger partial charge in [0, 0.05) is 10.6 Å². The molecule has 1 unspecified atom stereocenters. The topological polar surface area (TPSA) is 74.6 Å². The van der Waals surface area contributed by atoms with Crippen LogP contribution in [0, 0.1) is 5.82 Å². The van der Waals surface area contributed by atoms with Gasteiger partial charge in [-0.05, 0) is 36.2 Å². The van der Waals surface area contributed by atoms with E-state index in [4.69, 9.17) is 16.7 Å². The maximum absolute atomic E-state index is 13.8. The maximum atomic E-state index is 13.8. The van der Waals surface area contributed by atoms with E-state index in [9.17, 15) is 19.1 Å². The second-order valence-corrected chi connectivity index (χ2v) is 5.13. The lowest BCUT2D eigenvalue weighted by molar-refractivity contribution is -0.138. The van der Waals surface area contributed by atoms with E-state index in [0.29, 0.717) is 5.56 Å². The summed E-state index contributed by atoms with van der Waals surface area (Å²) in [6.45, 7) is 0. The molecule has 0 aliphatic rings. The zero-order valence-corrected chi connectivity index (χ0v) is 12.0. The Kier molecular flexibility index (Phi) is 4.78. The SMILES string of the molecule is O=C(O)c1ccc(C(Cc2c(F)cccc2Cl)C(=O)O)cc1. The molecule has 0 saturated carbocycles. The first kappa shape index (κ1) is 16.0. The summed E-state index contributed by atoms with van der Waals surface area (Å²) >= 11 is 5.92. The Hall–Kier alpha value is -2.40. The highest BCUT2D eigenvalue weighted by Crippen LogP contribution is 2.27. The standard InChI is InChI=1S/C16H12ClFO4/c17-13-2-1-3-14(18)12(13)8-11(16(21)22)9-4-6-10(7-5-9)15(19)20/h1-7,11H,8H2,(H,19,20)(H,21,22). The van der Waals surface area contributed by atoms with Crippen LogP contribution >= 0.6 is 11.6 Å². The fourth-order valence-electron chi connectivity index (χ4n) is 2.14. The minimum atomic E-state index is -1.14. The van der Waals surface area contributed by atoms with Gasteiger partial charge in [-0.2, -0.15) is 0 Å². The molecule has 0 spiro atoms. The third-order valence-corrected chi connectivity index (χ3v) is 3.68. The zero-order chi connectivity index (χ0) is 16.3. The van der Waals surface area contributed by atoms with E-state index in [1.54, 1.807) is 0 Å². The Labute approximate surface area is 130 Å². The smallest absolute Gasteiger partial charge is 0.335 e. The van der Waals surface area contributed by atoms with Crippen LogP contribution in [0.15, 0.2) is 42.5 Å². The van der Waals surface area contributed by atoms with Gasteiger partial charge < -0.3 is 10.2 Å². The molecule has 2 N–H and O–H groups in total. The third kappa shape index (κ3) is 3.43. The monoisotopic (exact) mass is 322 g/mol. The molecule has 22 heavy (non-hydrogen) atoms. The van der Waals surface area contributed by atoms with Crippen molar-refractivity contribution >= 4 is 23.5 Å². The molecule has 6 heteroatoms. The molecular weight excluding hydrogens is 311 g/mol. The van der Waals surface area contributed by atoms with Gasteiger partial charge in [0.2, 0.25) is 0 Å². The van der Waals surface area contributed by atoms with E-state index < -0.39 is 23.7 Å². The van der Waals surface area contributed by atoms with Gasteiger partial charge >= 0.3 is 11.9 Å². The second-order valence-electron chi connectivity index (χ2n) is 4.72. The van der Waals surface area contributed by atoms with Gasteiger partial charge in [0.15, 0.2) is 0 Å². The second kappa shape index (κ2) is 6.58. The van der Waals surface area contributed by atoms with Crippen LogP contribution in [0.3, 0.4) is 0 Å². The average molecular weight is 323 g/mol. The summed E-state index contributed by atoms with van der Waals surface area (Å²) in [5, 5.41) is 18.4. The number of hydrogen-bond acceptors (Lipinski definition) is 2. The van der Waals surface area contributed by atoms with Crippen molar-refractivity contribution in [1.82, 2.24) is 0 Å². The van der Waals surface area contributed by atoms with Gasteiger partial charge in [-0.25, -0.2) is 9.18 Å². The van der Waals surface area contributed by atoms with Crippen LogP contribution < -0.4 is 0 Å². The highest BCUT2D eigenvalue weighted by molar-refractivity contribution is 6.31. The van der Waals surface area contributed by atoms with Crippen LogP contribution in [0.2, 0.25) is 5.02 Å². The van der Waals surface area contributed by atoms with Gasteiger partial charge in [0.1, 0.15) is 5.82 Å². The Morgan fingerprint density at radius 1 is 1.09 bits per heavy atom. The van der Waals surface area contributed by atoms with Crippen molar-refractivity contribution < 1.29 is 24.2 Å². The fourth-order valence-corrected chi connectivity index (χ4v) is 2.38. The molecule has 0 bridgehead atoms. The van der Waals surface area contributed by atoms with Crippen LogP contribution in [-0.2, 0) is 11.2 Å². The molecule has 4 nitrogen and oxygen atoms in total. The van der Waals surface area contributed by atoms with E-state index >= 15 is 0 Å². The van der Waals surface area contributed by atoms with Crippen LogP contribution in [0.1, 0.15) is 27.4 Å². The summed E-state index contributed by atoms with van der Waals surface area (Å²) in [7, 11) is 0. The van der Waals surface area contributed by atoms with Gasteiger partial charge in [-0.15, -0.1) is 0 Å². The highest BCUT2D eigenvalue weighted by atomic mass is 35.5. The lowest BCUT2D eigenvalue weighted by atomic mass is 9.91. The van der Waals surface area contributed by atoms with Crippen LogP contribution in [0.4, 0.5) is 4.39 Å². The lowest BCUT2D eigenvalue weighted by Crippen LogP contribution is -2.15. The first-order valence-corrected chi connectivity index (χ1v) is 6.77. The molecule has 2 aromatic carbocycles. The Morgan fingerprint density at radius 3 is 2.23 bits per heavy atom. The summed E-state index contributed by atoms with van der Waals surface area (Å²) in [6, 6.07) is 9.61. The third-order valence-electron chi connectivity index (χ3n) is 3.33. The minimum Gasteiger partial charge on any atom is -0.481 e. The molecule has 0 amide bonds. The van der Waals surface area contributed by atoms with Gasteiger partial charge in [-0.1, -0.05) is 29.8 Å². The maximum Gasteiger partial charge on any atom is 0.335 e. The van der Waals surface area contributed by atoms with Crippen LogP contribution in [0.25, 0.3) is 0 Å². The fraction of sp³-hybridized carbons (Fsp3) is 0.125. The molecule has 0 saturated heterocycles. The molecule has 2 aromatic rings. The normalized spacial score (nSPS) is 11.9. The van der Waals surface area contributed by atoms with Crippen molar-refractivity contribution in [3.63, 3.8) is 0 Å². The molecule has 114 valence electrons. The average Bonchev–Trinajstić information content (AvgIpc) is 2.46. The number of carbonyl (C=O) groups is 2. The molecule has 0 aliphatic heterocycles. The molecule has 1 atom stereocenters. The molecule has 0 radical (unpaired) electrons. The van der Waals surface area contributed by atoms with Crippen molar-refractivity contribution in [3.8, 4) is 0 Å². The number of rotatable bonds is 5. The Bertz CT molecular complexity index is 692. The number of benzene rings is 2. The molecular formula is C16H12ClFO4. The predicted molar refractivity (Wildman–Crippen MR) is 78.9 cm³/mol. The molecule has 0 aliphatic carbocycles. The summed E-state index contributed by atoms with van der Waals surface area (Å²) in [4.78, 5) is 22.3. The number of aliphatic carboxylic acids is 1. The van der Waals surface area contributed by atoms with Crippen LogP contribution in [0.5, 0.6) is 0 Å². The summed E-state index contributed by atoms with van der Waals surface area (Å²) in [6.07, 6.45) is -0.118. The van der Waals surface area contributed by atoms with E-state index in [-0.39, 0.29) is 22.6 Å². The molecule has 0 aromatic heterocycles. The van der Waals surface area contributed by atoms with E-state index in [2.05, 4.69) is 0 Å². The van der Waals surface area contributed by atoms with Crippen molar-refractivity contribution in [2.75, 3.05) is 0 Å². The Balaban J connectivity index is 2.35. The summed E-state index contributed by atoms with van der Waals surface area (Å²) in [5.41, 5.74) is 0.563. The first-order chi connectivity index (χ1) is 10.4. The molecule has 0 fully saturated rings. The van der Waals surface area contributed by atoms with Gasteiger partial charge in [0.05, 0.1) is 11.5 Å². The van der Waals surface area contributed by atoms with E-state index in [1.807, 2.05) is 0 Å². The van der Waals surface area contributed by atoms with Crippen molar-refractivity contribution in [3.05, 3.63) is 70.0 Å². The summed E-state index contributed by atoms with van der Waals surface area (Å²) < 4.78 is 13.8. The number of carboxylic acids is 2. The molecule has 2 rings (SSSR count). The van der Waals surface area contributed by atoms with Gasteiger partial charge in [0.25, 0.3) is 0 Å². The predicted octanol–water partition coefficient (Wildman–Crippen LogP) is 3.59. The lowest BCUT2D eigenvalue weighted by Gasteiger charge is -2.14. The van der Waals surface area contributed by atoms with E-state index in [1.165, 1.54) is 42.5 Å². The summed E-state index contributed by atoms with van der Waals surface area (Å²) in [5.74, 6) is -3.82. The van der Waals surface area contributed by atoms with Crippen molar-refractivity contribution in [2.24, 2.45) is 0 Å². The quantitative estimate of drug-likeness (QED) is 0.882. The highest BCUT2D eigenvalue weighted by Gasteiger charge is 2.23. The number of aromatic carboxylic acids is 1. The number of hydrogen-bond donors (Lipinski definition) is 2. The number of carboxylic acid groups (broad SMARTS) is 2. The van der Waals surface area contributed by atoms with Crippen molar-refractivity contribution in [2.45, 2.75) is 12.3 Å². The van der Waals surface area contributed by atoms with Gasteiger partial charge in [-0.3, -0.25) is 4.79 Å². The Morgan fingerprint density at radius 2 is 1.73 bits per heavy atom. The van der Waals surface area contributed by atoms with E-state index in [0.717, 1.165) is 0 Å². The van der Waals surface area contributed by atoms with Crippen molar-refractivity contribution in [1.29, 1.82) is 0 Å². The number of halogens is 2. The minimum absolute atomic E-state index is 0.0526. The zero-order valence-electron chi connectivity index (χ0n) is 11.3. The van der Waals surface area contributed by atoms with Crippen LogP contribution in [-0.4, -0.2) is 22.2 Å². The first-order valence-electron chi connectivity index (χ1n) is 6.39. The molecule has 0 heterocycles.